The molecule has 1 saturated carbocycles. The quantitative estimate of drug-likeness (QED) is 0.785. The minimum absolute atomic E-state index is 0.0520. The highest BCUT2D eigenvalue weighted by Crippen LogP contribution is 2.19. The number of nitrogen functional groups attached to an aromatic ring is 1. The molecule has 0 bridgehead atoms. The summed E-state index contributed by atoms with van der Waals surface area (Å²) < 4.78 is 0. The van der Waals surface area contributed by atoms with Gasteiger partial charge >= 0.3 is 6.03 Å². The summed E-state index contributed by atoms with van der Waals surface area (Å²) in [4.78, 5) is 13.9. The average Bonchev–Trinajstić information content (AvgIpc) is 3.15. The summed E-state index contributed by atoms with van der Waals surface area (Å²) in [5.41, 5.74) is 7.52. The number of carbonyl (C=O) groups excluding carboxylic acids is 1. The van der Waals surface area contributed by atoms with Crippen LogP contribution in [0.3, 0.4) is 0 Å². The Balaban J connectivity index is 1.95. The molecule has 98 valence electrons. The number of hydrogen-bond donors (Lipinski definition) is 2. The fourth-order valence-corrected chi connectivity index (χ4v) is 1.86. The van der Waals surface area contributed by atoms with Crippen LogP contribution in [0.5, 0.6) is 0 Å². The zero-order valence-corrected chi connectivity index (χ0v) is 10.9. The Kier molecular flexibility index (Phi) is 4.07. The van der Waals surface area contributed by atoms with Crippen molar-refractivity contribution >= 4 is 11.7 Å². The third kappa shape index (κ3) is 3.65. The smallest absolute Gasteiger partial charge is 0.317 e. The number of urea groups is 1. The van der Waals surface area contributed by atoms with E-state index >= 15 is 0 Å². The highest BCUT2D eigenvalue weighted by Gasteiger charge is 2.25. The first kappa shape index (κ1) is 12.7. The maximum Gasteiger partial charge on any atom is 0.317 e. The number of nitrogens with one attached hydrogen (secondary N) is 1. The zero-order valence-electron chi connectivity index (χ0n) is 10.9. The van der Waals surface area contributed by atoms with Gasteiger partial charge in [0, 0.05) is 24.8 Å². The Morgan fingerprint density at radius 3 is 2.61 bits per heavy atom. The normalized spacial score (nSPS) is 14.3. The van der Waals surface area contributed by atoms with Crippen LogP contribution in [-0.4, -0.2) is 23.5 Å². The Hall–Kier alpha value is -1.71. The topological polar surface area (TPSA) is 58.4 Å². The van der Waals surface area contributed by atoms with E-state index in [0.717, 1.165) is 37.1 Å². The number of nitrogens with zero attached hydrogens (tertiary/aromatic N) is 1. The Labute approximate surface area is 108 Å². The van der Waals surface area contributed by atoms with Gasteiger partial charge in [0.25, 0.3) is 0 Å². The van der Waals surface area contributed by atoms with E-state index in [1.54, 1.807) is 0 Å². The first-order valence-electron chi connectivity index (χ1n) is 6.59. The van der Waals surface area contributed by atoms with Crippen LogP contribution in [0.15, 0.2) is 24.3 Å². The minimum atomic E-state index is 0.0520. The first-order valence-corrected chi connectivity index (χ1v) is 6.59. The molecule has 4 nitrogen and oxygen atoms in total. The van der Waals surface area contributed by atoms with Gasteiger partial charge in [-0.1, -0.05) is 19.1 Å². The van der Waals surface area contributed by atoms with Crippen molar-refractivity contribution in [1.82, 2.24) is 10.2 Å². The molecule has 2 amide bonds. The summed E-state index contributed by atoms with van der Waals surface area (Å²) in [6.07, 6.45) is 3.20. The van der Waals surface area contributed by atoms with Crippen molar-refractivity contribution in [3.8, 4) is 0 Å². The van der Waals surface area contributed by atoms with E-state index in [1.165, 1.54) is 0 Å². The molecular formula is C14H21N3O. The number of amides is 2. The first-order chi connectivity index (χ1) is 8.69. The van der Waals surface area contributed by atoms with Crippen LogP contribution in [0.4, 0.5) is 10.5 Å². The molecule has 0 radical (unpaired) electrons. The lowest BCUT2D eigenvalue weighted by atomic mass is 10.2. The molecule has 0 atom stereocenters. The summed E-state index contributed by atoms with van der Waals surface area (Å²) in [6.45, 7) is 3.51. The number of benzene rings is 1. The maximum absolute atomic E-state index is 12.0. The molecule has 0 heterocycles. The summed E-state index contributed by atoms with van der Waals surface area (Å²) in [5, 5.41) is 3.03. The van der Waals surface area contributed by atoms with Crippen molar-refractivity contribution < 1.29 is 4.79 Å². The minimum Gasteiger partial charge on any atom is -0.399 e. The summed E-state index contributed by atoms with van der Waals surface area (Å²) in [6, 6.07) is 8.15. The van der Waals surface area contributed by atoms with Gasteiger partial charge in [-0.2, -0.15) is 0 Å². The lowest BCUT2D eigenvalue weighted by Gasteiger charge is -2.22. The molecular weight excluding hydrogens is 226 g/mol. The molecule has 1 aromatic rings. The third-order valence-corrected chi connectivity index (χ3v) is 3.04. The van der Waals surface area contributed by atoms with Crippen LogP contribution in [0.1, 0.15) is 31.7 Å². The van der Waals surface area contributed by atoms with E-state index in [4.69, 9.17) is 5.73 Å². The molecule has 1 aliphatic rings. The van der Waals surface area contributed by atoms with Crippen LogP contribution in [0, 0.1) is 0 Å². The third-order valence-electron chi connectivity index (χ3n) is 3.04. The molecule has 1 aromatic carbocycles. The molecule has 0 unspecified atom stereocenters. The van der Waals surface area contributed by atoms with Crippen molar-refractivity contribution in [3.05, 3.63) is 29.8 Å². The number of hydrogen-bond acceptors (Lipinski definition) is 2. The molecule has 0 spiro atoms. The standard InChI is InChI=1S/C14H21N3O/c1-2-9-17(14(18)16-13-7-8-13)10-11-3-5-12(15)6-4-11/h3-6,13H,2,7-10,15H2,1H3,(H,16,18). The van der Waals surface area contributed by atoms with Gasteiger partial charge in [-0.05, 0) is 37.0 Å². The lowest BCUT2D eigenvalue weighted by molar-refractivity contribution is 0.194. The van der Waals surface area contributed by atoms with Crippen LogP contribution >= 0.6 is 0 Å². The largest absolute Gasteiger partial charge is 0.399 e. The van der Waals surface area contributed by atoms with Crippen LogP contribution < -0.4 is 11.1 Å². The highest BCUT2D eigenvalue weighted by atomic mass is 16.2. The number of carbonyl (C=O) groups is 1. The molecule has 0 aromatic heterocycles. The average molecular weight is 247 g/mol. The van der Waals surface area contributed by atoms with E-state index in [-0.39, 0.29) is 6.03 Å². The van der Waals surface area contributed by atoms with E-state index in [1.807, 2.05) is 29.2 Å². The van der Waals surface area contributed by atoms with Gasteiger partial charge in [0.2, 0.25) is 0 Å². The number of anilines is 1. The monoisotopic (exact) mass is 247 g/mol. The Bertz CT molecular complexity index is 398. The number of nitrogens with two attached hydrogens (primary N) is 1. The van der Waals surface area contributed by atoms with Gasteiger partial charge in [0.1, 0.15) is 0 Å². The van der Waals surface area contributed by atoms with Crippen molar-refractivity contribution in [2.75, 3.05) is 12.3 Å². The van der Waals surface area contributed by atoms with E-state index in [0.29, 0.717) is 12.6 Å². The van der Waals surface area contributed by atoms with Crippen LogP contribution in [-0.2, 0) is 6.54 Å². The van der Waals surface area contributed by atoms with Gasteiger partial charge < -0.3 is 16.0 Å². The summed E-state index contributed by atoms with van der Waals surface area (Å²) in [7, 11) is 0. The molecule has 0 saturated heterocycles. The second kappa shape index (κ2) is 5.76. The number of rotatable bonds is 5. The molecule has 1 aliphatic carbocycles. The van der Waals surface area contributed by atoms with Gasteiger partial charge in [-0.3, -0.25) is 0 Å². The Morgan fingerprint density at radius 2 is 2.06 bits per heavy atom. The van der Waals surface area contributed by atoms with Crippen molar-refractivity contribution in [3.63, 3.8) is 0 Å². The zero-order chi connectivity index (χ0) is 13.0. The van der Waals surface area contributed by atoms with Gasteiger partial charge in [0.05, 0.1) is 0 Å². The molecule has 4 heteroatoms. The summed E-state index contributed by atoms with van der Waals surface area (Å²) >= 11 is 0. The predicted octanol–water partition coefficient (Wildman–Crippen LogP) is 2.35. The van der Waals surface area contributed by atoms with Crippen molar-refractivity contribution in [2.24, 2.45) is 0 Å². The van der Waals surface area contributed by atoms with Gasteiger partial charge in [0.15, 0.2) is 0 Å². The van der Waals surface area contributed by atoms with Crippen LogP contribution in [0.2, 0.25) is 0 Å². The Morgan fingerprint density at radius 1 is 1.39 bits per heavy atom. The molecule has 18 heavy (non-hydrogen) atoms. The maximum atomic E-state index is 12.0. The molecule has 3 N–H and O–H groups in total. The van der Waals surface area contributed by atoms with E-state index < -0.39 is 0 Å². The molecule has 2 rings (SSSR count). The fraction of sp³-hybridized carbons (Fsp3) is 0.500. The molecule has 0 aliphatic heterocycles. The van der Waals surface area contributed by atoms with Gasteiger partial charge in [-0.15, -0.1) is 0 Å². The van der Waals surface area contributed by atoms with E-state index in [9.17, 15) is 4.79 Å². The molecule has 1 fully saturated rings. The van der Waals surface area contributed by atoms with Gasteiger partial charge in [-0.25, -0.2) is 4.79 Å². The van der Waals surface area contributed by atoms with E-state index in [2.05, 4.69) is 12.2 Å². The SMILES string of the molecule is CCCN(Cc1ccc(N)cc1)C(=O)NC1CC1. The van der Waals surface area contributed by atoms with Crippen molar-refractivity contribution in [2.45, 2.75) is 38.8 Å². The van der Waals surface area contributed by atoms with Crippen LogP contribution in [0.25, 0.3) is 0 Å². The highest BCUT2D eigenvalue weighted by molar-refractivity contribution is 5.74. The second-order valence-electron chi connectivity index (χ2n) is 4.89. The fourth-order valence-electron chi connectivity index (χ4n) is 1.86. The summed E-state index contributed by atoms with van der Waals surface area (Å²) in [5.74, 6) is 0. The lowest BCUT2D eigenvalue weighted by Crippen LogP contribution is -2.40. The van der Waals surface area contributed by atoms with Crippen molar-refractivity contribution in [1.29, 1.82) is 0 Å². The second-order valence-corrected chi connectivity index (χ2v) is 4.89. The predicted molar refractivity (Wildman–Crippen MR) is 73.1 cm³/mol.